The van der Waals surface area contributed by atoms with Crippen LogP contribution in [0.2, 0.25) is 0 Å². The summed E-state index contributed by atoms with van der Waals surface area (Å²) in [4.78, 5) is 18.8. The smallest absolute Gasteiger partial charge is 0.310 e. The zero-order valence-corrected chi connectivity index (χ0v) is 14.7. The van der Waals surface area contributed by atoms with E-state index in [1.807, 2.05) is 6.92 Å². The molecule has 0 spiro atoms. The van der Waals surface area contributed by atoms with Crippen molar-refractivity contribution in [3.63, 3.8) is 0 Å². The SMILES string of the molecule is CCN=C(NC1CC1c1ccccc1)N1CC(C)C(C(=O)OC)C1. The molecule has 1 aromatic carbocycles. The number of esters is 1. The summed E-state index contributed by atoms with van der Waals surface area (Å²) in [6, 6.07) is 11.0. The Morgan fingerprint density at radius 2 is 2.08 bits per heavy atom. The van der Waals surface area contributed by atoms with Gasteiger partial charge in [-0.15, -0.1) is 0 Å². The number of likely N-dealkylation sites (tertiary alicyclic amines) is 1. The third kappa shape index (κ3) is 3.55. The average Bonchev–Trinajstić information content (AvgIpc) is 3.27. The van der Waals surface area contributed by atoms with Crippen molar-refractivity contribution in [1.29, 1.82) is 0 Å². The highest BCUT2D eigenvalue weighted by molar-refractivity contribution is 5.83. The van der Waals surface area contributed by atoms with Crippen LogP contribution in [0.1, 0.15) is 31.7 Å². The van der Waals surface area contributed by atoms with Gasteiger partial charge >= 0.3 is 5.97 Å². The molecule has 4 atom stereocenters. The summed E-state index contributed by atoms with van der Waals surface area (Å²) in [7, 11) is 1.46. The molecular weight excluding hydrogens is 302 g/mol. The van der Waals surface area contributed by atoms with Gasteiger partial charge in [-0.1, -0.05) is 37.3 Å². The van der Waals surface area contributed by atoms with Crippen molar-refractivity contribution in [1.82, 2.24) is 10.2 Å². The van der Waals surface area contributed by atoms with E-state index in [1.54, 1.807) is 0 Å². The number of hydrogen-bond donors (Lipinski definition) is 1. The highest BCUT2D eigenvalue weighted by Gasteiger charge is 2.42. The number of ether oxygens (including phenoxy) is 1. The number of hydrogen-bond acceptors (Lipinski definition) is 3. The molecule has 1 N–H and O–H groups in total. The van der Waals surface area contributed by atoms with Gasteiger partial charge in [-0.3, -0.25) is 9.79 Å². The van der Waals surface area contributed by atoms with Gasteiger partial charge < -0.3 is 15.0 Å². The molecule has 1 saturated heterocycles. The van der Waals surface area contributed by atoms with E-state index >= 15 is 0 Å². The molecule has 5 nitrogen and oxygen atoms in total. The maximum absolute atomic E-state index is 11.9. The fourth-order valence-corrected chi connectivity index (χ4v) is 3.57. The van der Waals surface area contributed by atoms with Gasteiger partial charge in [0.15, 0.2) is 5.96 Å². The van der Waals surface area contributed by atoms with Crippen molar-refractivity contribution in [3.8, 4) is 0 Å². The quantitative estimate of drug-likeness (QED) is 0.523. The standard InChI is InChI=1S/C19H27N3O2/c1-4-20-19(22-11-13(2)16(12-22)18(23)24-3)21-17-10-15(17)14-8-6-5-7-9-14/h5-9,13,15-17H,4,10-12H2,1-3H3,(H,20,21). The molecule has 24 heavy (non-hydrogen) atoms. The Labute approximate surface area is 144 Å². The van der Waals surface area contributed by atoms with E-state index in [0.717, 1.165) is 25.5 Å². The molecule has 130 valence electrons. The summed E-state index contributed by atoms with van der Waals surface area (Å²) in [6.07, 6.45) is 1.14. The first-order valence-corrected chi connectivity index (χ1v) is 8.82. The molecule has 0 aromatic heterocycles. The molecule has 4 unspecified atom stereocenters. The Hall–Kier alpha value is -2.04. The Balaban J connectivity index is 1.63. The van der Waals surface area contributed by atoms with Crippen LogP contribution in [-0.2, 0) is 9.53 Å². The Bertz CT molecular complexity index is 602. The molecule has 1 aliphatic carbocycles. The summed E-state index contributed by atoms with van der Waals surface area (Å²) in [6.45, 7) is 6.41. The number of methoxy groups -OCH3 is 1. The normalized spacial score (nSPS) is 29.5. The van der Waals surface area contributed by atoms with Gasteiger partial charge in [-0.05, 0) is 24.8 Å². The Morgan fingerprint density at radius 3 is 2.75 bits per heavy atom. The molecule has 3 rings (SSSR count). The van der Waals surface area contributed by atoms with Gasteiger partial charge in [0.25, 0.3) is 0 Å². The number of guanidine groups is 1. The summed E-state index contributed by atoms with van der Waals surface area (Å²) >= 11 is 0. The van der Waals surface area contributed by atoms with Gasteiger partial charge in [-0.2, -0.15) is 0 Å². The minimum Gasteiger partial charge on any atom is -0.469 e. The maximum Gasteiger partial charge on any atom is 0.310 e. The van der Waals surface area contributed by atoms with Crippen molar-refractivity contribution >= 4 is 11.9 Å². The number of rotatable bonds is 4. The van der Waals surface area contributed by atoms with Crippen LogP contribution in [0, 0.1) is 11.8 Å². The highest BCUT2D eigenvalue weighted by Crippen LogP contribution is 2.40. The predicted molar refractivity (Wildman–Crippen MR) is 94.9 cm³/mol. The highest BCUT2D eigenvalue weighted by atomic mass is 16.5. The second-order valence-electron chi connectivity index (χ2n) is 6.81. The van der Waals surface area contributed by atoms with E-state index in [2.05, 4.69) is 52.5 Å². The van der Waals surface area contributed by atoms with E-state index in [1.165, 1.54) is 12.7 Å². The van der Waals surface area contributed by atoms with Gasteiger partial charge in [0.1, 0.15) is 0 Å². The molecule has 1 heterocycles. The molecule has 2 fully saturated rings. The summed E-state index contributed by atoms with van der Waals surface area (Å²) in [5.41, 5.74) is 1.38. The monoisotopic (exact) mass is 329 g/mol. The molecule has 0 bridgehead atoms. The molecule has 0 amide bonds. The molecule has 5 heteroatoms. The second kappa shape index (κ2) is 7.24. The lowest BCUT2D eigenvalue weighted by atomic mass is 9.99. The number of aliphatic imine (C=N–C) groups is 1. The fraction of sp³-hybridized carbons (Fsp3) is 0.579. The predicted octanol–water partition coefficient (Wildman–Crippen LogP) is 2.25. The van der Waals surface area contributed by atoms with Crippen molar-refractivity contribution in [2.45, 2.75) is 32.2 Å². The second-order valence-corrected chi connectivity index (χ2v) is 6.81. The van der Waals surface area contributed by atoms with Crippen LogP contribution in [0.5, 0.6) is 0 Å². The topological polar surface area (TPSA) is 53.9 Å². The van der Waals surface area contributed by atoms with Crippen LogP contribution in [0.3, 0.4) is 0 Å². The molecule has 1 aliphatic heterocycles. The van der Waals surface area contributed by atoms with Crippen LogP contribution in [0.4, 0.5) is 0 Å². The zero-order valence-electron chi connectivity index (χ0n) is 14.7. The lowest BCUT2D eigenvalue weighted by Gasteiger charge is -2.22. The van der Waals surface area contributed by atoms with Gasteiger partial charge in [0.05, 0.1) is 13.0 Å². The third-order valence-corrected chi connectivity index (χ3v) is 5.06. The molecule has 1 aromatic rings. The molecular formula is C19H27N3O2. The number of nitrogens with one attached hydrogen (secondary N) is 1. The minimum absolute atomic E-state index is 0.0667. The summed E-state index contributed by atoms with van der Waals surface area (Å²) < 4.78 is 4.94. The zero-order chi connectivity index (χ0) is 17.1. The van der Waals surface area contributed by atoms with Crippen molar-refractivity contribution < 1.29 is 9.53 Å². The first kappa shape index (κ1) is 16.8. The first-order chi connectivity index (χ1) is 11.6. The van der Waals surface area contributed by atoms with Crippen LogP contribution < -0.4 is 5.32 Å². The van der Waals surface area contributed by atoms with E-state index in [-0.39, 0.29) is 17.8 Å². The average molecular weight is 329 g/mol. The van der Waals surface area contributed by atoms with Crippen LogP contribution in [0.25, 0.3) is 0 Å². The van der Waals surface area contributed by atoms with Gasteiger partial charge in [0.2, 0.25) is 0 Å². The number of benzene rings is 1. The van der Waals surface area contributed by atoms with Crippen molar-refractivity contribution in [2.24, 2.45) is 16.8 Å². The van der Waals surface area contributed by atoms with Gasteiger partial charge in [0, 0.05) is 31.6 Å². The van der Waals surface area contributed by atoms with E-state index in [4.69, 9.17) is 4.74 Å². The maximum atomic E-state index is 11.9. The summed E-state index contributed by atoms with van der Waals surface area (Å²) in [5.74, 6) is 1.59. The van der Waals surface area contributed by atoms with Crippen LogP contribution >= 0.6 is 0 Å². The van der Waals surface area contributed by atoms with E-state index < -0.39 is 0 Å². The van der Waals surface area contributed by atoms with Crippen LogP contribution in [-0.4, -0.2) is 49.6 Å². The van der Waals surface area contributed by atoms with Gasteiger partial charge in [-0.25, -0.2) is 0 Å². The first-order valence-electron chi connectivity index (χ1n) is 8.82. The lowest BCUT2D eigenvalue weighted by Crippen LogP contribution is -2.42. The molecule has 1 saturated carbocycles. The van der Waals surface area contributed by atoms with E-state index in [9.17, 15) is 4.79 Å². The lowest BCUT2D eigenvalue weighted by molar-refractivity contribution is -0.145. The molecule has 0 radical (unpaired) electrons. The van der Waals surface area contributed by atoms with E-state index in [0.29, 0.717) is 18.5 Å². The van der Waals surface area contributed by atoms with Crippen LogP contribution in [0.15, 0.2) is 35.3 Å². The Kier molecular flexibility index (Phi) is 5.07. The number of carbonyl (C=O) groups is 1. The molecule has 2 aliphatic rings. The third-order valence-electron chi connectivity index (χ3n) is 5.06. The Morgan fingerprint density at radius 1 is 1.33 bits per heavy atom. The van der Waals surface area contributed by atoms with Crippen molar-refractivity contribution in [3.05, 3.63) is 35.9 Å². The number of carbonyl (C=O) groups excluding carboxylic acids is 1. The fourth-order valence-electron chi connectivity index (χ4n) is 3.57. The summed E-state index contributed by atoms with van der Waals surface area (Å²) in [5, 5.41) is 3.60. The number of nitrogens with zero attached hydrogens (tertiary/aromatic N) is 2. The minimum atomic E-state index is -0.116. The largest absolute Gasteiger partial charge is 0.469 e. The van der Waals surface area contributed by atoms with Crippen molar-refractivity contribution in [2.75, 3.05) is 26.7 Å².